The van der Waals surface area contributed by atoms with Crippen molar-refractivity contribution in [1.82, 2.24) is 0 Å². The standard InChI is InChI=1S/C6H14O3/c1-4(5(2)7)6(3)9-8/h4-8H,1-3H3. The van der Waals surface area contributed by atoms with Crippen LogP contribution in [0, 0.1) is 5.92 Å². The molecule has 9 heavy (non-hydrogen) atoms. The Hall–Kier alpha value is -0.120. The summed E-state index contributed by atoms with van der Waals surface area (Å²) in [6, 6.07) is 0. The van der Waals surface area contributed by atoms with Gasteiger partial charge in [0.25, 0.3) is 0 Å². The quantitative estimate of drug-likeness (QED) is 0.445. The van der Waals surface area contributed by atoms with Crippen LogP contribution in [0.4, 0.5) is 0 Å². The molecule has 0 bridgehead atoms. The van der Waals surface area contributed by atoms with Gasteiger partial charge in [0.05, 0.1) is 12.2 Å². The second-order valence-electron chi connectivity index (χ2n) is 2.41. The Morgan fingerprint density at radius 3 is 1.78 bits per heavy atom. The van der Waals surface area contributed by atoms with Gasteiger partial charge in [-0.2, -0.15) is 0 Å². The van der Waals surface area contributed by atoms with Gasteiger partial charge in [-0.15, -0.1) is 0 Å². The van der Waals surface area contributed by atoms with Crippen LogP contribution in [0.25, 0.3) is 0 Å². The molecule has 0 radical (unpaired) electrons. The fourth-order valence-corrected chi connectivity index (χ4v) is 0.488. The number of hydrogen-bond acceptors (Lipinski definition) is 3. The maximum atomic E-state index is 8.93. The second kappa shape index (κ2) is 3.82. The largest absolute Gasteiger partial charge is 0.393 e. The van der Waals surface area contributed by atoms with Crippen LogP contribution in [0.2, 0.25) is 0 Å². The predicted octanol–water partition coefficient (Wildman–Crippen LogP) is 0.881. The molecule has 0 amide bonds. The van der Waals surface area contributed by atoms with Crippen LogP contribution >= 0.6 is 0 Å². The lowest BCUT2D eigenvalue weighted by atomic mass is 10.0. The van der Waals surface area contributed by atoms with Crippen LogP contribution in [0.15, 0.2) is 0 Å². The van der Waals surface area contributed by atoms with Gasteiger partial charge in [-0.3, -0.25) is 5.26 Å². The molecular formula is C6H14O3. The molecule has 2 N–H and O–H groups in total. The highest BCUT2D eigenvalue weighted by atomic mass is 17.1. The molecule has 0 saturated heterocycles. The minimum atomic E-state index is -0.438. The lowest BCUT2D eigenvalue weighted by molar-refractivity contribution is -0.288. The average molecular weight is 134 g/mol. The first-order chi connectivity index (χ1) is 4.09. The van der Waals surface area contributed by atoms with Crippen molar-refractivity contribution in [2.24, 2.45) is 5.92 Å². The summed E-state index contributed by atoms with van der Waals surface area (Å²) in [6.45, 7) is 5.18. The molecule has 0 fully saturated rings. The van der Waals surface area contributed by atoms with Gasteiger partial charge in [-0.05, 0) is 13.8 Å². The Bertz CT molecular complexity index is 72.7. The Balaban J connectivity index is 3.58. The monoisotopic (exact) mass is 134 g/mol. The Kier molecular flexibility index (Phi) is 3.77. The van der Waals surface area contributed by atoms with E-state index in [2.05, 4.69) is 4.89 Å². The highest BCUT2D eigenvalue weighted by Crippen LogP contribution is 2.09. The number of rotatable bonds is 3. The van der Waals surface area contributed by atoms with Crippen molar-refractivity contribution in [3.8, 4) is 0 Å². The van der Waals surface area contributed by atoms with Crippen molar-refractivity contribution in [3.63, 3.8) is 0 Å². The van der Waals surface area contributed by atoms with E-state index in [0.29, 0.717) is 0 Å². The zero-order chi connectivity index (χ0) is 7.44. The molecule has 0 aliphatic rings. The van der Waals surface area contributed by atoms with E-state index in [1.807, 2.05) is 6.92 Å². The normalized spacial score (nSPS) is 21.0. The summed E-state index contributed by atoms with van der Waals surface area (Å²) in [4.78, 5) is 4.01. The number of hydrogen-bond donors (Lipinski definition) is 2. The third-order valence-electron chi connectivity index (χ3n) is 1.67. The summed E-state index contributed by atoms with van der Waals surface area (Å²) in [7, 11) is 0. The minimum absolute atomic E-state index is 0.0324. The van der Waals surface area contributed by atoms with Crippen LogP contribution < -0.4 is 0 Å². The lowest BCUT2D eigenvalue weighted by Crippen LogP contribution is -2.26. The summed E-state index contributed by atoms with van der Waals surface area (Å²) in [6.07, 6.45) is -0.739. The Morgan fingerprint density at radius 1 is 1.22 bits per heavy atom. The Morgan fingerprint density at radius 2 is 1.67 bits per heavy atom. The molecule has 0 rings (SSSR count). The summed E-state index contributed by atoms with van der Waals surface area (Å²) in [5.41, 5.74) is 0. The van der Waals surface area contributed by atoms with Gasteiger partial charge in [-0.25, -0.2) is 4.89 Å². The van der Waals surface area contributed by atoms with Crippen molar-refractivity contribution in [2.45, 2.75) is 33.0 Å². The topological polar surface area (TPSA) is 49.7 Å². The maximum Gasteiger partial charge on any atom is 0.0949 e. The van der Waals surface area contributed by atoms with E-state index in [1.165, 1.54) is 0 Å². The summed E-state index contributed by atoms with van der Waals surface area (Å²) < 4.78 is 0. The molecule has 0 saturated carbocycles. The van der Waals surface area contributed by atoms with Crippen molar-refractivity contribution in [1.29, 1.82) is 0 Å². The fraction of sp³-hybridized carbons (Fsp3) is 1.00. The van der Waals surface area contributed by atoms with E-state index >= 15 is 0 Å². The van der Waals surface area contributed by atoms with Gasteiger partial charge < -0.3 is 5.11 Å². The smallest absolute Gasteiger partial charge is 0.0949 e. The van der Waals surface area contributed by atoms with Gasteiger partial charge in [0.15, 0.2) is 0 Å². The molecule has 0 aromatic carbocycles. The van der Waals surface area contributed by atoms with Crippen LogP contribution in [0.3, 0.4) is 0 Å². The molecular weight excluding hydrogens is 120 g/mol. The third kappa shape index (κ3) is 2.79. The van der Waals surface area contributed by atoms with E-state index in [9.17, 15) is 0 Å². The summed E-state index contributed by atoms with van der Waals surface area (Å²) >= 11 is 0. The minimum Gasteiger partial charge on any atom is -0.393 e. The SMILES string of the molecule is CC(O)C(C)C(C)OO. The summed E-state index contributed by atoms with van der Waals surface area (Å²) in [5.74, 6) is -0.0324. The van der Waals surface area contributed by atoms with Crippen molar-refractivity contribution >= 4 is 0 Å². The summed E-state index contributed by atoms with van der Waals surface area (Å²) in [5, 5.41) is 17.1. The third-order valence-corrected chi connectivity index (χ3v) is 1.67. The number of aliphatic hydroxyl groups is 1. The highest BCUT2D eigenvalue weighted by Gasteiger charge is 2.16. The van der Waals surface area contributed by atoms with Crippen LogP contribution in [0.1, 0.15) is 20.8 Å². The van der Waals surface area contributed by atoms with Crippen LogP contribution in [0.5, 0.6) is 0 Å². The molecule has 3 atom stereocenters. The molecule has 0 heterocycles. The van der Waals surface area contributed by atoms with Crippen molar-refractivity contribution in [2.75, 3.05) is 0 Å². The van der Waals surface area contributed by atoms with Gasteiger partial charge in [0, 0.05) is 5.92 Å². The molecule has 56 valence electrons. The van der Waals surface area contributed by atoms with Gasteiger partial charge in [-0.1, -0.05) is 6.92 Å². The zero-order valence-corrected chi connectivity index (χ0v) is 6.03. The molecule has 3 nitrogen and oxygen atoms in total. The second-order valence-corrected chi connectivity index (χ2v) is 2.41. The maximum absolute atomic E-state index is 8.93. The molecule has 0 aromatic rings. The van der Waals surface area contributed by atoms with E-state index in [0.717, 1.165) is 0 Å². The molecule has 0 aromatic heterocycles. The Labute approximate surface area is 55.2 Å². The lowest BCUT2D eigenvalue weighted by Gasteiger charge is -2.18. The van der Waals surface area contributed by atoms with Crippen LogP contribution in [-0.2, 0) is 4.89 Å². The van der Waals surface area contributed by atoms with Crippen molar-refractivity contribution in [3.05, 3.63) is 0 Å². The molecule has 3 heteroatoms. The highest BCUT2D eigenvalue weighted by molar-refractivity contribution is 4.64. The van der Waals surface area contributed by atoms with Crippen molar-refractivity contribution < 1.29 is 15.3 Å². The molecule has 0 aliphatic heterocycles. The average Bonchev–Trinajstić information content (AvgIpc) is 1.84. The van der Waals surface area contributed by atoms with Gasteiger partial charge >= 0.3 is 0 Å². The van der Waals surface area contributed by atoms with E-state index < -0.39 is 6.10 Å². The molecule has 0 spiro atoms. The predicted molar refractivity (Wildman–Crippen MR) is 34.0 cm³/mol. The molecule has 3 unspecified atom stereocenters. The fourth-order valence-electron chi connectivity index (χ4n) is 0.488. The van der Waals surface area contributed by atoms with Gasteiger partial charge in [0.2, 0.25) is 0 Å². The zero-order valence-electron chi connectivity index (χ0n) is 6.03. The first-order valence-electron chi connectivity index (χ1n) is 3.08. The van der Waals surface area contributed by atoms with E-state index in [1.54, 1.807) is 13.8 Å². The van der Waals surface area contributed by atoms with E-state index in [4.69, 9.17) is 10.4 Å². The van der Waals surface area contributed by atoms with Gasteiger partial charge in [0.1, 0.15) is 0 Å². The first kappa shape index (κ1) is 8.88. The molecule has 0 aliphatic carbocycles. The van der Waals surface area contributed by atoms with E-state index in [-0.39, 0.29) is 12.0 Å². The number of aliphatic hydroxyl groups excluding tert-OH is 1. The first-order valence-corrected chi connectivity index (χ1v) is 3.08. The van der Waals surface area contributed by atoms with Crippen LogP contribution in [-0.4, -0.2) is 22.6 Å².